The van der Waals surface area contributed by atoms with Gasteiger partial charge in [0.15, 0.2) is 0 Å². The molecule has 2 heterocycles. The summed E-state index contributed by atoms with van der Waals surface area (Å²) in [5, 5.41) is 0. The summed E-state index contributed by atoms with van der Waals surface area (Å²) in [6.07, 6.45) is -0.436. The first kappa shape index (κ1) is 16.2. The van der Waals surface area contributed by atoms with Crippen LogP contribution in [0.25, 0.3) is 0 Å². The Balaban J connectivity index is 1.79. The number of urea groups is 1. The summed E-state index contributed by atoms with van der Waals surface area (Å²) in [6.45, 7) is 6.99. The molecule has 3 rings (SSSR count). The summed E-state index contributed by atoms with van der Waals surface area (Å²) < 4.78 is 25.2. The average molecular weight is 322 g/mol. The molecule has 2 saturated heterocycles. The van der Waals surface area contributed by atoms with Gasteiger partial charge in [-0.05, 0) is 19.9 Å². The predicted octanol–water partition coefficient (Wildman–Crippen LogP) is 2.43. The lowest BCUT2D eigenvalue weighted by molar-refractivity contribution is -0.0888. The minimum Gasteiger partial charge on any atom is -0.378 e. The number of benzene rings is 1. The van der Waals surface area contributed by atoms with Crippen LogP contribution in [0.4, 0.5) is 9.18 Å². The van der Waals surface area contributed by atoms with Crippen molar-refractivity contribution in [3.05, 3.63) is 35.6 Å². The predicted molar refractivity (Wildman–Crippen MR) is 83.7 cm³/mol. The number of hydrogen-bond donors (Lipinski definition) is 0. The Labute approximate surface area is 136 Å². The lowest BCUT2D eigenvalue weighted by Gasteiger charge is -2.47. The molecule has 6 heteroatoms. The molecule has 0 aliphatic carbocycles. The van der Waals surface area contributed by atoms with Gasteiger partial charge in [0, 0.05) is 18.7 Å². The maximum Gasteiger partial charge on any atom is 0.320 e. The van der Waals surface area contributed by atoms with E-state index in [1.165, 1.54) is 6.07 Å². The summed E-state index contributed by atoms with van der Waals surface area (Å²) in [4.78, 5) is 16.5. The minimum atomic E-state index is -0.436. The van der Waals surface area contributed by atoms with Crippen LogP contribution in [-0.4, -0.2) is 60.8 Å². The molecule has 1 aromatic carbocycles. The van der Waals surface area contributed by atoms with Crippen molar-refractivity contribution in [2.45, 2.75) is 25.5 Å². The van der Waals surface area contributed by atoms with Gasteiger partial charge in [0.2, 0.25) is 0 Å². The van der Waals surface area contributed by atoms with Crippen molar-refractivity contribution in [1.29, 1.82) is 0 Å². The van der Waals surface area contributed by atoms with E-state index in [-0.39, 0.29) is 11.8 Å². The van der Waals surface area contributed by atoms with Crippen LogP contribution in [0.3, 0.4) is 0 Å². The van der Waals surface area contributed by atoms with Gasteiger partial charge in [-0.3, -0.25) is 0 Å². The largest absolute Gasteiger partial charge is 0.378 e. The Morgan fingerprint density at radius 2 is 1.96 bits per heavy atom. The molecule has 2 aliphatic rings. The number of halogens is 1. The zero-order valence-corrected chi connectivity index (χ0v) is 13.6. The van der Waals surface area contributed by atoms with E-state index in [2.05, 4.69) is 0 Å². The van der Waals surface area contributed by atoms with Crippen molar-refractivity contribution in [2.24, 2.45) is 0 Å². The van der Waals surface area contributed by atoms with Crippen molar-refractivity contribution in [3.8, 4) is 0 Å². The van der Waals surface area contributed by atoms with Crippen LogP contribution in [-0.2, 0) is 9.47 Å². The van der Waals surface area contributed by atoms with Crippen LogP contribution >= 0.6 is 0 Å². The van der Waals surface area contributed by atoms with Crippen molar-refractivity contribution in [3.63, 3.8) is 0 Å². The molecule has 0 radical (unpaired) electrons. The van der Waals surface area contributed by atoms with E-state index in [0.29, 0.717) is 45.0 Å². The van der Waals surface area contributed by atoms with Crippen LogP contribution in [0.15, 0.2) is 24.3 Å². The molecule has 23 heavy (non-hydrogen) atoms. The van der Waals surface area contributed by atoms with Crippen molar-refractivity contribution in [2.75, 3.05) is 39.5 Å². The Morgan fingerprint density at radius 1 is 1.26 bits per heavy atom. The van der Waals surface area contributed by atoms with Gasteiger partial charge in [-0.15, -0.1) is 0 Å². The summed E-state index contributed by atoms with van der Waals surface area (Å²) in [7, 11) is 0. The van der Waals surface area contributed by atoms with Gasteiger partial charge in [0.25, 0.3) is 0 Å². The highest BCUT2D eigenvalue weighted by atomic mass is 19.1. The lowest BCUT2D eigenvalue weighted by atomic mass is 9.98. The molecule has 2 aliphatic heterocycles. The van der Waals surface area contributed by atoms with E-state index in [4.69, 9.17) is 9.47 Å². The summed E-state index contributed by atoms with van der Waals surface area (Å²) >= 11 is 0. The fraction of sp³-hybridized carbons (Fsp3) is 0.588. The quantitative estimate of drug-likeness (QED) is 0.797. The van der Waals surface area contributed by atoms with Gasteiger partial charge in [0.05, 0.1) is 31.9 Å². The Hall–Kier alpha value is -1.66. The van der Waals surface area contributed by atoms with Gasteiger partial charge in [-0.2, -0.15) is 0 Å². The third kappa shape index (κ3) is 3.33. The number of rotatable bonds is 1. The molecular weight excluding hydrogens is 299 g/mol. The SMILES string of the molecule is CC1(C)COC(c2ccccc2F)CN1C(=O)N1CCOCC1. The van der Waals surface area contributed by atoms with Gasteiger partial charge in [-0.25, -0.2) is 9.18 Å². The smallest absolute Gasteiger partial charge is 0.320 e. The van der Waals surface area contributed by atoms with Gasteiger partial charge >= 0.3 is 6.03 Å². The standard InChI is InChI=1S/C17H23FN2O3/c1-17(2)12-23-15(13-5-3-4-6-14(13)18)11-20(17)16(21)19-7-9-22-10-8-19/h3-6,15H,7-12H2,1-2H3. The third-order valence-electron chi connectivity index (χ3n) is 4.48. The first-order valence-corrected chi connectivity index (χ1v) is 7.99. The van der Waals surface area contributed by atoms with E-state index in [0.717, 1.165) is 0 Å². The number of nitrogens with zero attached hydrogens (tertiary/aromatic N) is 2. The van der Waals surface area contributed by atoms with Crippen LogP contribution in [0, 0.1) is 5.82 Å². The zero-order chi connectivity index (χ0) is 16.4. The molecule has 0 aromatic heterocycles. The molecule has 1 atom stereocenters. The number of ether oxygens (including phenoxy) is 2. The Morgan fingerprint density at radius 3 is 2.65 bits per heavy atom. The van der Waals surface area contributed by atoms with Crippen molar-refractivity contribution >= 4 is 6.03 Å². The molecule has 0 N–H and O–H groups in total. The first-order valence-electron chi connectivity index (χ1n) is 7.99. The van der Waals surface area contributed by atoms with Gasteiger partial charge < -0.3 is 19.3 Å². The molecule has 0 saturated carbocycles. The minimum absolute atomic E-state index is 0.0251. The van der Waals surface area contributed by atoms with Gasteiger partial charge in [0.1, 0.15) is 11.9 Å². The van der Waals surface area contributed by atoms with E-state index < -0.39 is 11.6 Å². The summed E-state index contributed by atoms with van der Waals surface area (Å²) in [5.74, 6) is -0.295. The molecule has 1 unspecified atom stereocenters. The van der Waals surface area contributed by atoms with E-state index in [1.54, 1.807) is 28.0 Å². The second kappa shape index (κ2) is 6.45. The number of carbonyl (C=O) groups is 1. The monoisotopic (exact) mass is 322 g/mol. The normalized spacial score (nSPS) is 24.6. The van der Waals surface area contributed by atoms with Crippen LogP contribution in [0.1, 0.15) is 25.5 Å². The summed E-state index contributed by atoms with van der Waals surface area (Å²) in [6, 6.07) is 6.56. The number of carbonyl (C=O) groups excluding carboxylic acids is 1. The molecule has 1 aromatic rings. The highest BCUT2D eigenvalue weighted by Crippen LogP contribution is 2.32. The maximum atomic E-state index is 14.0. The zero-order valence-electron chi connectivity index (χ0n) is 13.6. The number of hydrogen-bond acceptors (Lipinski definition) is 3. The second-order valence-electron chi connectivity index (χ2n) is 6.63. The van der Waals surface area contributed by atoms with E-state index in [9.17, 15) is 9.18 Å². The molecular formula is C17H23FN2O3. The first-order chi connectivity index (χ1) is 11.0. The Kier molecular flexibility index (Phi) is 4.55. The summed E-state index contributed by atoms with van der Waals surface area (Å²) in [5.41, 5.74) is 0.0831. The average Bonchev–Trinajstić information content (AvgIpc) is 2.56. The van der Waals surface area contributed by atoms with E-state index in [1.807, 2.05) is 13.8 Å². The van der Waals surface area contributed by atoms with Gasteiger partial charge in [-0.1, -0.05) is 18.2 Å². The van der Waals surface area contributed by atoms with Crippen LogP contribution in [0.5, 0.6) is 0 Å². The molecule has 0 spiro atoms. The fourth-order valence-corrected chi connectivity index (χ4v) is 3.03. The fourth-order valence-electron chi connectivity index (χ4n) is 3.03. The molecule has 5 nitrogen and oxygen atoms in total. The van der Waals surface area contributed by atoms with Crippen LogP contribution < -0.4 is 0 Å². The topological polar surface area (TPSA) is 42.0 Å². The van der Waals surface area contributed by atoms with Crippen LogP contribution in [0.2, 0.25) is 0 Å². The highest BCUT2D eigenvalue weighted by Gasteiger charge is 2.41. The molecule has 126 valence electrons. The lowest BCUT2D eigenvalue weighted by Crippen LogP contribution is -2.60. The molecule has 0 bridgehead atoms. The highest BCUT2D eigenvalue weighted by molar-refractivity contribution is 5.75. The number of morpholine rings is 2. The maximum absolute atomic E-state index is 14.0. The Bertz CT molecular complexity index is 573. The van der Waals surface area contributed by atoms with Crippen molar-refractivity contribution in [1.82, 2.24) is 9.80 Å². The third-order valence-corrected chi connectivity index (χ3v) is 4.48. The molecule has 2 amide bonds. The molecule has 2 fully saturated rings. The second-order valence-corrected chi connectivity index (χ2v) is 6.63. The van der Waals surface area contributed by atoms with Crippen molar-refractivity contribution < 1.29 is 18.7 Å². The number of amides is 2. The van der Waals surface area contributed by atoms with E-state index >= 15 is 0 Å².